The highest BCUT2D eigenvalue weighted by atomic mass is 19.4. The largest absolute Gasteiger partial charge is 0.427 e. The molecule has 0 aromatic rings. The standard InChI is InChI=1S/C11H8F12O3/c12-8(13,14)6(25,9(15,16)17)3-1-2-4(5(3)24)7(26,10(18,19)20)11(21,22)23/h3-4,25-26H,1-2H2/t3-,4+. The molecule has 1 aliphatic carbocycles. The normalized spacial score (nSPS) is 24.3. The van der Waals surface area contributed by atoms with Crippen LogP contribution in [0.3, 0.4) is 0 Å². The van der Waals surface area contributed by atoms with Crippen LogP contribution in [0, 0.1) is 11.8 Å². The van der Waals surface area contributed by atoms with E-state index in [1.165, 1.54) is 0 Å². The molecule has 154 valence electrons. The maximum atomic E-state index is 12.7. The Kier molecular flexibility index (Phi) is 5.15. The van der Waals surface area contributed by atoms with Gasteiger partial charge >= 0.3 is 24.7 Å². The molecule has 0 aliphatic heterocycles. The third-order valence-electron chi connectivity index (χ3n) is 4.17. The zero-order valence-electron chi connectivity index (χ0n) is 11.9. The first-order valence-electron chi connectivity index (χ1n) is 6.39. The first-order chi connectivity index (χ1) is 11.1. The molecule has 2 atom stereocenters. The van der Waals surface area contributed by atoms with Gasteiger partial charge in [-0.2, -0.15) is 52.7 Å². The van der Waals surface area contributed by atoms with Crippen LogP contribution in [0.4, 0.5) is 52.7 Å². The van der Waals surface area contributed by atoms with Gasteiger partial charge in [-0.3, -0.25) is 4.79 Å². The highest BCUT2D eigenvalue weighted by Crippen LogP contribution is 2.57. The minimum Gasteiger partial charge on any atom is -0.373 e. The van der Waals surface area contributed by atoms with Gasteiger partial charge in [-0.25, -0.2) is 0 Å². The fourth-order valence-corrected chi connectivity index (χ4v) is 2.80. The van der Waals surface area contributed by atoms with Crippen LogP contribution in [0.15, 0.2) is 0 Å². The maximum Gasteiger partial charge on any atom is 0.427 e. The number of carbonyl (C=O) groups excluding carboxylic acids is 1. The number of ketones is 1. The van der Waals surface area contributed by atoms with Gasteiger partial charge in [0.25, 0.3) is 11.2 Å². The molecule has 0 amide bonds. The van der Waals surface area contributed by atoms with E-state index in [4.69, 9.17) is 10.2 Å². The molecular formula is C11H8F12O3. The van der Waals surface area contributed by atoms with Crippen LogP contribution in [0.1, 0.15) is 12.8 Å². The molecule has 1 saturated carbocycles. The SMILES string of the molecule is O=C1[C@H](C(O)(C(F)(F)F)C(F)(F)F)CC[C@@H]1C(O)(C(F)(F)F)C(F)(F)F. The number of halogens is 12. The molecule has 0 unspecified atom stereocenters. The molecule has 0 spiro atoms. The lowest BCUT2D eigenvalue weighted by Gasteiger charge is -2.38. The summed E-state index contributed by atoms with van der Waals surface area (Å²) in [5, 5.41) is 18.1. The summed E-state index contributed by atoms with van der Waals surface area (Å²) in [4.78, 5) is 11.7. The Balaban J connectivity index is 3.50. The van der Waals surface area contributed by atoms with Crippen molar-refractivity contribution in [2.45, 2.75) is 48.7 Å². The molecule has 0 heterocycles. The van der Waals surface area contributed by atoms with E-state index in [0.717, 1.165) is 0 Å². The Labute approximate surface area is 135 Å². The lowest BCUT2D eigenvalue weighted by atomic mass is 9.79. The van der Waals surface area contributed by atoms with E-state index in [1.54, 1.807) is 0 Å². The van der Waals surface area contributed by atoms with Crippen LogP contribution in [0.25, 0.3) is 0 Å². The van der Waals surface area contributed by atoms with Gasteiger partial charge < -0.3 is 10.2 Å². The van der Waals surface area contributed by atoms with Gasteiger partial charge in [0.05, 0.1) is 11.8 Å². The van der Waals surface area contributed by atoms with Crippen LogP contribution in [0.5, 0.6) is 0 Å². The topological polar surface area (TPSA) is 57.5 Å². The van der Waals surface area contributed by atoms with Gasteiger partial charge in [-0.1, -0.05) is 0 Å². The third kappa shape index (κ3) is 3.01. The Morgan fingerprint density at radius 2 is 0.769 bits per heavy atom. The Hall–Kier alpha value is -1.25. The van der Waals surface area contributed by atoms with Gasteiger partial charge in [-0.15, -0.1) is 0 Å². The van der Waals surface area contributed by atoms with Crippen LogP contribution in [0.2, 0.25) is 0 Å². The Morgan fingerprint density at radius 3 is 0.923 bits per heavy atom. The minimum absolute atomic E-state index is 1.81. The number of Topliss-reactive ketones (excluding diaryl/α,β-unsaturated/α-hetero) is 1. The van der Waals surface area contributed by atoms with E-state index in [2.05, 4.69) is 0 Å². The van der Waals surface area contributed by atoms with E-state index >= 15 is 0 Å². The predicted octanol–water partition coefficient (Wildman–Crippen LogP) is 3.29. The van der Waals surface area contributed by atoms with Crippen molar-refractivity contribution in [1.29, 1.82) is 0 Å². The zero-order valence-corrected chi connectivity index (χ0v) is 11.9. The molecule has 1 aliphatic rings. The molecule has 26 heavy (non-hydrogen) atoms. The minimum atomic E-state index is -6.63. The van der Waals surface area contributed by atoms with Crippen molar-refractivity contribution in [3.8, 4) is 0 Å². The molecule has 0 aromatic heterocycles. The number of hydrogen-bond donors (Lipinski definition) is 2. The maximum absolute atomic E-state index is 12.7. The van der Waals surface area contributed by atoms with Crippen LogP contribution in [-0.4, -0.2) is 51.9 Å². The van der Waals surface area contributed by atoms with Gasteiger partial charge in [0, 0.05) is 0 Å². The van der Waals surface area contributed by atoms with Gasteiger partial charge in [-0.05, 0) is 12.8 Å². The predicted molar refractivity (Wildman–Crippen MR) is 55.3 cm³/mol. The molecule has 15 heteroatoms. The van der Waals surface area contributed by atoms with Gasteiger partial charge in [0.15, 0.2) is 0 Å². The average Bonchev–Trinajstić information content (AvgIpc) is 2.73. The average molecular weight is 416 g/mol. The van der Waals surface area contributed by atoms with Crippen molar-refractivity contribution in [3.63, 3.8) is 0 Å². The first kappa shape index (κ1) is 22.8. The van der Waals surface area contributed by atoms with Crippen molar-refractivity contribution >= 4 is 5.78 Å². The van der Waals surface area contributed by atoms with Crippen LogP contribution >= 0.6 is 0 Å². The van der Waals surface area contributed by atoms with Crippen molar-refractivity contribution in [1.82, 2.24) is 0 Å². The highest BCUT2D eigenvalue weighted by molar-refractivity contribution is 5.88. The molecule has 1 rings (SSSR count). The van der Waals surface area contributed by atoms with Crippen molar-refractivity contribution in [2.75, 3.05) is 0 Å². The second-order valence-electron chi connectivity index (χ2n) is 5.61. The molecule has 3 nitrogen and oxygen atoms in total. The Bertz CT molecular complexity index is 479. The third-order valence-corrected chi connectivity index (χ3v) is 4.17. The first-order valence-corrected chi connectivity index (χ1v) is 6.39. The Morgan fingerprint density at radius 1 is 0.577 bits per heavy atom. The molecule has 0 bridgehead atoms. The fourth-order valence-electron chi connectivity index (χ4n) is 2.80. The lowest BCUT2D eigenvalue weighted by molar-refractivity contribution is -0.383. The van der Waals surface area contributed by atoms with Crippen LogP contribution in [-0.2, 0) is 4.79 Å². The van der Waals surface area contributed by atoms with Crippen LogP contribution < -0.4 is 0 Å². The summed E-state index contributed by atoms with van der Waals surface area (Å²) < 4.78 is 152. The smallest absolute Gasteiger partial charge is 0.373 e. The summed E-state index contributed by atoms with van der Waals surface area (Å²) in [5.41, 5.74) is -11.7. The summed E-state index contributed by atoms with van der Waals surface area (Å²) in [7, 11) is 0. The number of carbonyl (C=O) groups is 1. The van der Waals surface area contributed by atoms with Crippen molar-refractivity contribution in [2.24, 2.45) is 11.8 Å². The van der Waals surface area contributed by atoms with Gasteiger partial charge in [0.1, 0.15) is 5.78 Å². The molecule has 0 radical (unpaired) electrons. The molecular weight excluding hydrogens is 408 g/mol. The van der Waals surface area contributed by atoms with E-state index < -0.39 is 66.4 Å². The summed E-state index contributed by atoms with van der Waals surface area (Å²) in [5.74, 6) is -10.3. The summed E-state index contributed by atoms with van der Waals surface area (Å²) in [6.45, 7) is 0. The highest BCUT2D eigenvalue weighted by Gasteiger charge is 2.81. The molecule has 2 N–H and O–H groups in total. The quantitative estimate of drug-likeness (QED) is 0.680. The molecule has 0 aromatic carbocycles. The molecule has 1 fully saturated rings. The van der Waals surface area contributed by atoms with E-state index in [9.17, 15) is 57.5 Å². The summed E-state index contributed by atoms with van der Waals surface area (Å²) >= 11 is 0. The monoisotopic (exact) mass is 416 g/mol. The van der Waals surface area contributed by atoms with Crippen molar-refractivity contribution < 1.29 is 67.7 Å². The lowest BCUT2D eigenvalue weighted by Crippen LogP contribution is -2.66. The number of alkyl halides is 12. The number of rotatable bonds is 2. The van der Waals surface area contributed by atoms with Gasteiger partial charge in [0.2, 0.25) is 0 Å². The second-order valence-corrected chi connectivity index (χ2v) is 5.61. The summed E-state index contributed by atoms with van der Waals surface area (Å²) in [6.07, 6.45) is -30.1. The second kappa shape index (κ2) is 5.87. The van der Waals surface area contributed by atoms with E-state index in [1.807, 2.05) is 0 Å². The summed E-state index contributed by atoms with van der Waals surface area (Å²) in [6, 6.07) is 0. The van der Waals surface area contributed by atoms with Crippen molar-refractivity contribution in [3.05, 3.63) is 0 Å². The number of aliphatic hydroxyl groups is 2. The van der Waals surface area contributed by atoms with E-state index in [-0.39, 0.29) is 0 Å². The van der Waals surface area contributed by atoms with E-state index in [0.29, 0.717) is 0 Å². The molecule has 0 saturated heterocycles. The fraction of sp³-hybridized carbons (Fsp3) is 0.909. The zero-order chi connectivity index (χ0) is 21.1. The number of hydrogen-bond acceptors (Lipinski definition) is 3.